The molecule has 14 heavy (non-hydrogen) atoms. The van der Waals surface area contributed by atoms with Gasteiger partial charge in [-0.3, -0.25) is 0 Å². The van der Waals surface area contributed by atoms with Crippen LogP contribution < -0.4 is 5.73 Å². The summed E-state index contributed by atoms with van der Waals surface area (Å²) in [5.41, 5.74) is 4.91. The van der Waals surface area contributed by atoms with Gasteiger partial charge in [0.15, 0.2) is 0 Å². The number of rotatable bonds is 1. The molecule has 0 aliphatic carbocycles. The third kappa shape index (κ3) is 2.33. The summed E-state index contributed by atoms with van der Waals surface area (Å²) in [4.78, 5) is 0. The van der Waals surface area contributed by atoms with E-state index in [1.165, 1.54) is 6.07 Å². The predicted octanol–water partition coefficient (Wildman–Crippen LogP) is 3.79. The van der Waals surface area contributed by atoms with E-state index < -0.39 is 11.7 Å². The maximum Gasteiger partial charge on any atom is 0.417 e. The van der Waals surface area contributed by atoms with Crippen molar-refractivity contribution in [1.29, 1.82) is 0 Å². The molecule has 6 heteroatoms. The first-order valence-corrected chi connectivity index (χ1v) is 4.90. The van der Waals surface area contributed by atoms with Crippen LogP contribution in [-0.4, -0.2) is 0 Å². The molecule has 0 spiro atoms. The third-order valence-corrected chi connectivity index (χ3v) is 2.84. The van der Waals surface area contributed by atoms with Crippen LogP contribution in [0.15, 0.2) is 16.6 Å². The Labute approximate surface area is 92.2 Å². The number of hydrogen-bond acceptors (Lipinski definition) is 1. The Hall–Kier alpha value is -0.420. The molecule has 0 unspecified atom stereocenters. The summed E-state index contributed by atoms with van der Waals surface area (Å²) in [6.45, 7) is 0. The van der Waals surface area contributed by atoms with E-state index in [4.69, 9.17) is 17.3 Å². The molecule has 0 saturated carbocycles. The number of benzene rings is 1. The van der Waals surface area contributed by atoms with Crippen LogP contribution in [0.2, 0.25) is 0 Å². The highest BCUT2D eigenvalue weighted by Gasteiger charge is 2.34. The first kappa shape index (κ1) is 11.7. The molecule has 0 aliphatic rings. The largest absolute Gasteiger partial charge is 0.417 e. The van der Waals surface area contributed by atoms with Crippen LogP contribution in [0, 0.1) is 0 Å². The molecule has 0 bridgehead atoms. The molecule has 0 amide bonds. The van der Waals surface area contributed by atoms with Crippen LogP contribution in [0.4, 0.5) is 18.9 Å². The van der Waals surface area contributed by atoms with Gasteiger partial charge in [0.25, 0.3) is 0 Å². The Balaban J connectivity index is 3.37. The first-order valence-electron chi connectivity index (χ1n) is 3.57. The molecular weight excluding hydrogens is 282 g/mol. The molecule has 1 rings (SSSR count). The fraction of sp³-hybridized carbons (Fsp3) is 0.250. The van der Waals surface area contributed by atoms with E-state index in [0.29, 0.717) is 5.56 Å². The molecule has 0 atom stereocenters. The molecule has 0 saturated heterocycles. The SMILES string of the molecule is Nc1cc(CCl)c(Br)c(C(F)(F)F)c1. The second-order valence-electron chi connectivity index (χ2n) is 2.67. The van der Waals surface area contributed by atoms with Gasteiger partial charge in [0.05, 0.1) is 5.56 Å². The molecule has 1 aromatic carbocycles. The average molecular weight is 288 g/mol. The van der Waals surface area contributed by atoms with E-state index in [0.717, 1.165) is 6.07 Å². The minimum atomic E-state index is -4.42. The number of nitrogen functional groups attached to an aromatic ring is 1. The fourth-order valence-electron chi connectivity index (χ4n) is 1.01. The number of halogens is 5. The van der Waals surface area contributed by atoms with E-state index in [1.54, 1.807) is 0 Å². The summed E-state index contributed by atoms with van der Waals surface area (Å²) in [6, 6.07) is 2.28. The lowest BCUT2D eigenvalue weighted by atomic mass is 10.1. The molecule has 78 valence electrons. The number of hydrogen-bond donors (Lipinski definition) is 1. The van der Waals surface area contributed by atoms with Crippen molar-refractivity contribution in [1.82, 2.24) is 0 Å². The van der Waals surface area contributed by atoms with Crippen molar-refractivity contribution >= 4 is 33.2 Å². The molecule has 2 N–H and O–H groups in total. The van der Waals surface area contributed by atoms with E-state index in [1.807, 2.05) is 0 Å². The monoisotopic (exact) mass is 287 g/mol. The van der Waals surface area contributed by atoms with Gasteiger partial charge in [-0.15, -0.1) is 11.6 Å². The zero-order valence-corrected chi connectivity index (χ0v) is 9.17. The zero-order chi connectivity index (χ0) is 10.9. The molecule has 0 fully saturated rings. The van der Waals surface area contributed by atoms with Crippen LogP contribution in [0.25, 0.3) is 0 Å². The Bertz CT molecular complexity index is 351. The van der Waals surface area contributed by atoms with Gasteiger partial charge in [-0.1, -0.05) is 0 Å². The summed E-state index contributed by atoms with van der Waals surface area (Å²) in [6.07, 6.45) is -4.42. The normalized spacial score (nSPS) is 11.8. The van der Waals surface area contributed by atoms with Crippen molar-refractivity contribution in [2.45, 2.75) is 12.1 Å². The van der Waals surface area contributed by atoms with Crippen LogP contribution in [0.3, 0.4) is 0 Å². The predicted molar refractivity (Wildman–Crippen MR) is 53.1 cm³/mol. The fourth-order valence-corrected chi connectivity index (χ4v) is 1.98. The summed E-state index contributed by atoms with van der Waals surface area (Å²) in [5.74, 6) is -0.0191. The maximum atomic E-state index is 12.4. The Morgan fingerprint density at radius 2 is 1.93 bits per heavy atom. The van der Waals surface area contributed by atoms with Gasteiger partial charge >= 0.3 is 6.18 Å². The van der Waals surface area contributed by atoms with Gasteiger partial charge in [0, 0.05) is 16.0 Å². The highest BCUT2D eigenvalue weighted by molar-refractivity contribution is 9.10. The van der Waals surface area contributed by atoms with Gasteiger partial charge in [0.1, 0.15) is 0 Å². The van der Waals surface area contributed by atoms with E-state index in [2.05, 4.69) is 15.9 Å². The summed E-state index contributed by atoms with van der Waals surface area (Å²) in [5, 5.41) is 0. The molecule has 0 radical (unpaired) electrons. The molecule has 1 aromatic rings. The maximum absolute atomic E-state index is 12.4. The van der Waals surface area contributed by atoms with Crippen molar-refractivity contribution in [3.05, 3.63) is 27.7 Å². The highest BCUT2D eigenvalue weighted by Crippen LogP contribution is 2.38. The Morgan fingerprint density at radius 3 is 2.36 bits per heavy atom. The van der Waals surface area contributed by atoms with E-state index in [-0.39, 0.29) is 16.0 Å². The summed E-state index contributed by atoms with van der Waals surface area (Å²) >= 11 is 8.32. The second kappa shape index (κ2) is 3.98. The third-order valence-electron chi connectivity index (χ3n) is 1.62. The Kier molecular flexibility index (Phi) is 3.32. The lowest BCUT2D eigenvalue weighted by Gasteiger charge is -2.12. The number of alkyl halides is 4. The Morgan fingerprint density at radius 1 is 1.36 bits per heavy atom. The van der Waals surface area contributed by atoms with Crippen molar-refractivity contribution in [3.8, 4) is 0 Å². The van der Waals surface area contributed by atoms with Crippen molar-refractivity contribution < 1.29 is 13.2 Å². The molecule has 1 nitrogen and oxygen atoms in total. The summed E-state index contributed by atoms with van der Waals surface area (Å²) < 4.78 is 37.2. The van der Waals surface area contributed by atoms with Gasteiger partial charge in [-0.05, 0) is 33.6 Å². The second-order valence-corrected chi connectivity index (χ2v) is 3.73. The van der Waals surface area contributed by atoms with Gasteiger partial charge < -0.3 is 5.73 Å². The minimum Gasteiger partial charge on any atom is -0.399 e. The first-order chi connectivity index (χ1) is 6.36. The van der Waals surface area contributed by atoms with Gasteiger partial charge in [0.2, 0.25) is 0 Å². The highest BCUT2D eigenvalue weighted by atomic mass is 79.9. The van der Waals surface area contributed by atoms with Gasteiger partial charge in [-0.2, -0.15) is 13.2 Å². The molecule has 0 heterocycles. The smallest absolute Gasteiger partial charge is 0.399 e. The quantitative estimate of drug-likeness (QED) is 0.617. The number of anilines is 1. The average Bonchev–Trinajstić information content (AvgIpc) is 2.06. The summed E-state index contributed by atoms with van der Waals surface area (Å²) in [7, 11) is 0. The van der Waals surface area contributed by atoms with Crippen molar-refractivity contribution in [3.63, 3.8) is 0 Å². The van der Waals surface area contributed by atoms with E-state index >= 15 is 0 Å². The topological polar surface area (TPSA) is 26.0 Å². The molecule has 0 aliphatic heterocycles. The van der Waals surface area contributed by atoms with E-state index in [9.17, 15) is 13.2 Å². The lowest BCUT2D eigenvalue weighted by Crippen LogP contribution is -2.08. The van der Waals surface area contributed by atoms with Crippen LogP contribution in [-0.2, 0) is 12.1 Å². The van der Waals surface area contributed by atoms with Crippen LogP contribution in [0.5, 0.6) is 0 Å². The number of nitrogens with two attached hydrogens (primary N) is 1. The molecular formula is C8H6BrClF3N. The van der Waals surface area contributed by atoms with Crippen molar-refractivity contribution in [2.24, 2.45) is 0 Å². The van der Waals surface area contributed by atoms with Crippen LogP contribution in [0.1, 0.15) is 11.1 Å². The van der Waals surface area contributed by atoms with Gasteiger partial charge in [-0.25, -0.2) is 0 Å². The molecule has 0 aromatic heterocycles. The standard InChI is InChI=1S/C8H6BrClF3N/c9-7-4(3-10)1-5(14)2-6(7)8(11,12)13/h1-2H,3,14H2. The minimum absolute atomic E-state index is 0.0191. The zero-order valence-electron chi connectivity index (χ0n) is 6.83. The van der Waals surface area contributed by atoms with Crippen molar-refractivity contribution in [2.75, 3.05) is 5.73 Å². The lowest BCUT2D eigenvalue weighted by molar-refractivity contribution is -0.138. The van der Waals surface area contributed by atoms with Crippen LogP contribution >= 0.6 is 27.5 Å².